The van der Waals surface area contributed by atoms with Crippen LogP contribution in [-0.2, 0) is 0 Å². The lowest BCUT2D eigenvalue weighted by molar-refractivity contribution is -0.382. The van der Waals surface area contributed by atoms with Gasteiger partial charge in [0.05, 0.1) is 9.95 Å². The maximum absolute atomic E-state index is 12.9. The highest BCUT2D eigenvalue weighted by Gasteiger charge is 2.23. The van der Waals surface area contributed by atoms with Crippen molar-refractivity contribution in [3.8, 4) is 10.6 Å². The Balaban J connectivity index is 1.45. The number of aryl methyl sites for hydroxylation is 2. The van der Waals surface area contributed by atoms with Gasteiger partial charge in [0.15, 0.2) is 5.82 Å². The second-order valence-corrected chi connectivity index (χ2v) is 9.34. The lowest BCUT2D eigenvalue weighted by Crippen LogP contribution is -2.11. The van der Waals surface area contributed by atoms with E-state index in [-0.39, 0.29) is 15.6 Å². The quantitative estimate of drug-likeness (QED) is 0.266. The van der Waals surface area contributed by atoms with Gasteiger partial charge in [0.25, 0.3) is 11.6 Å². The van der Waals surface area contributed by atoms with Crippen LogP contribution in [0.25, 0.3) is 25.6 Å². The van der Waals surface area contributed by atoms with Crippen LogP contribution in [-0.4, -0.2) is 30.6 Å². The van der Waals surface area contributed by atoms with E-state index in [1.165, 1.54) is 17.4 Å². The van der Waals surface area contributed by atoms with Crippen molar-refractivity contribution in [3.63, 3.8) is 0 Å². The first kappa shape index (κ1) is 20.5. The molecule has 3 aromatic heterocycles. The van der Waals surface area contributed by atoms with Crippen LogP contribution in [0.2, 0.25) is 5.02 Å². The van der Waals surface area contributed by atoms with Crippen LogP contribution in [0.15, 0.2) is 36.4 Å². The van der Waals surface area contributed by atoms with Crippen LogP contribution in [0.5, 0.6) is 0 Å². The van der Waals surface area contributed by atoms with Gasteiger partial charge >= 0.3 is 0 Å². The Bertz CT molecular complexity index is 1550. The second kappa shape index (κ2) is 7.62. The maximum Gasteiger partial charge on any atom is 0.287 e. The summed E-state index contributed by atoms with van der Waals surface area (Å²) in [5.41, 5.74) is 2.27. The number of rotatable bonds is 4. The molecule has 5 aromatic rings. The number of nitrogens with one attached hydrogen (secondary N) is 1. The molecule has 1 amide bonds. The van der Waals surface area contributed by atoms with E-state index in [0.717, 1.165) is 27.5 Å². The zero-order valence-electron chi connectivity index (χ0n) is 16.6. The van der Waals surface area contributed by atoms with Gasteiger partial charge in [-0.15, -0.1) is 21.5 Å². The number of nitro benzene ring substituents is 1. The summed E-state index contributed by atoms with van der Waals surface area (Å²) in [6.45, 7) is 3.71. The number of amides is 1. The zero-order valence-corrected chi connectivity index (χ0v) is 19.0. The number of anilines is 1. The van der Waals surface area contributed by atoms with Crippen molar-refractivity contribution < 1.29 is 9.72 Å². The van der Waals surface area contributed by atoms with Crippen molar-refractivity contribution in [2.45, 2.75) is 13.8 Å². The first-order valence-electron chi connectivity index (χ1n) is 9.30. The average Bonchev–Trinajstić information content (AvgIpc) is 3.44. The first-order chi connectivity index (χ1) is 15.3. The summed E-state index contributed by atoms with van der Waals surface area (Å²) in [6, 6.07) is 10.2. The molecule has 0 atom stereocenters. The van der Waals surface area contributed by atoms with E-state index in [1.807, 2.05) is 26.0 Å². The van der Waals surface area contributed by atoms with Crippen LogP contribution in [0.1, 0.15) is 21.1 Å². The van der Waals surface area contributed by atoms with Gasteiger partial charge in [0.2, 0.25) is 4.96 Å². The Labute approximate surface area is 193 Å². The molecule has 0 aliphatic heterocycles. The minimum absolute atomic E-state index is 0.0748. The van der Waals surface area contributed by atoms with Gasteiger partial charge in [-0.2, -0.15) is 9.61 Å². The molecular formula is C20H13ClN6O3S2. The molecule has 0 radical (unpaired) electrons. The van der Waals surface area contributed by atoms with Gasteiger partial charge < -0.3 is 5.32 Å². The van der Waals surface area contributed by atoms with Crippen molar-refractivity contribution in [2.75, 3.05) is 5.32 Å². The van der Waals surface area contributed by atoms with E-state index >= 15 is 0 Å². The molecular weight excluding hydrogens is 472 g/mol. The molecule has 0 unspecified atom stereocenters. The number of fused-ring (bicyclic) bond motifs is 2. The van der Waals surface area contributed by atoms with E-state index in [9.17, 15) is 14.9 Å². The Morgan fingerprint density at radius 1 is 1.19 bits per heavy atom. The van der Waals surface area contributed by atoms with Gasteiger partial charge in [0.1, 0.15) is 14.6 Å². The highest BCUT2D eigenvalue weighted by Crippen LogP contribution is 2.40. The minimum atomic E-state index is -0.479. The summed E-state index contributed by atoms with van der Waals surface area (Å²) in [6.07, 6.45) is 0. The van der Waals surface area contributed by atoms with Crippen LogP contribution < -0.4 is 5.32 Å². The Hall–Kier alpha value is -3.41. The third-order valence-corrected chi connectivity index (χ3v) is 7.58. The van der Waals surface area contributed by atoms with Crippen LogP contribution in [0, 0.1) is 24.0 Å². The van der Waals surface area contributed by atoms with E-state index in [0.29, 0.717) is 26.6 Å². The molecule has 0 saturated carbocycles. The van der Waals surface area contributed by atoms with Gasteiger partial charge in [-0.05, 0) is 37.6 Å². The Morgan fingerprint density at radius 2 is 2.00 bits per heavy atom. The number of thiophene rings is 1. The maximum atomic E-state index is 12.9. The molecule has 5 rings (SSSR count). The number of carbonyl (C=O) groups is 1. The highest BCUT2D eigenvalue weighted by molar-refractivity contribution is 7.22. The van der Waals surface area contributed by atoms with Crippen molar-refractivity contribution in [1.82, 2.24) is 19.8 Å². The summed E-state index contributed by atoms with van der Waals surface area (Å²) in [5.74, 6) is 0.291. The van der Waals surface area contributed by atoms with Gasteiger partial charge in [-0.25, -0.2) is 0 Å². The fourth-order valence-corrected chi connectivity index (χ4v) is 5.68. The van der Waals surface area contributed by atoms with E-state index in [2.05, 4.69) is 20.6 Å². The smallest absolute Gasteiger partial charge is 0.287 e. The molecule has 32 heavy (non-hydrogen) atoms. The number of hydrogen-bond donors (Lipinski definition) is 1. The predicted octanol–water partition coefficient (Wildman–Crippen LogP) is 5.50. The summed E-state index contributed by atoms with van der Waals surface area (Å²) < 4.78 is 2.06. The van der Waals surface area contributed by atoms with Crippen LogP contribution >= 0.6 is 34.3 Å². The number of halogens is 1. The largest absolute Gasteiger partial charge is 0.321 e. The topological polar surface area (TPSA) is 115 Å². The number of nitrogens with zero attached hydrogens (tertiary/aromatic N) is 5. The zero-order chi connectivity index (χ0) is 22.6. The number of benzene rings is 2. The molecule has 0 saturated heterocycles. The second-order valence-electron chi connectivity index (χ2n) is 6.99. The van der Waals surface area contributed by atoms with Crippen LogP contribution in [0.3, 0.4) is 0 Å². The normalized spacial score (nSPS) is 11.3. The monoisotopic (exact) mass is 484 g/mol. The number of carbonyl (C=O) groups excluding carboxylic acids is 1. The highest BCUT2D eigenvalue weighted by atomic mass is 35.5. The summed E-state index contributed by atoms with van der Waals surface area (Å²) in [4.78, 5) is 24.7. The molecule has 9 nitrogen and oxygen atoms in total. The third kappa shape index (κ3) is 3.30. The number of hydrogen-bond acceptors (Lipinski definition) is 8. The van der Waals surface area contributed by atoms with Gasteiger partial charge in [-0.3, -0.25) is 14.9 Å². The molecule has 160 valence electrons. The Kier molecular flexibility index (Phi) is 4.88. The summed E-state index contributed by atoms with van der Waals surface area (Å²) >= 11 is 8.82. The number of nitro groups is 1. The SMILES string of the molecule is Cc1cc(-c2nn3c(C)nnc3s2)ccc1NC(=O)c1sc2c([N+](=O)[O-])cccc2c1Cl. The van der Waals surface area contributed by atoms with Crippen molar-refractivity contribution in [1.29, 1.82) is 0 Å². The molecule has 0 bridgehead atoms. The van der Waals surface area contributed by atoms with Crippen molar-refractivity contribution in [2.24, 2.45) is 0 Å². The van der Waals surface area contributed by atoms with Crippen LogP contribution in [0.4, 0.5) is 11.4 Å². The Morgan fingerprint density at radius 3 is 2.72 bits per heavy atom. The fraction of sp³-hybridized carbons (Fsp3) is 0.100. The van der Waals surface area contributed by atoms with Crippen molar-refractivity contribution >= 4 is 66.6 Å². The molecule has 1 N–H and O–H groups in total. The van der Waals surface area contributed by atoms with Gasteiger partial charge in [0, 0.05) is 22.7 Å². The molecule has 0 fully saturated rings. The molecule has 0 spiro atoms. The van der Waals surface area contributed by atoms with E-state index in [1.54, 1.807) is 22.7 Å². The van der Waals surface area contributed by atoms with Gasteiger partial charge in [-0.1, -0.05) is 35.1 Å². The molecule has 3 heterocycles. The van der Waals surface area contributed by atoms with E-state index in [4.69, 9.17) is 11.6 Å². The number of aromatic nitrogens is 4. The lowest BCUT2D eigenvalue weighted by atomic mass is 10.1. The number of non-ortho nitro benzene ring substituents is 1. The fourth-order valence-electron chi connectivity index (χ4n) is 3.31. The van der Waals surface area contributed by atoms with Crippen molar-refractivity contribution in [3.05, 3.63) is 67.8 Å². The molecule has 0 aliphatic rings. The average molecular weight is 485 g/mol. The minimum Gasteiger partial charge on any atom is -0.321 e. The summed E-state index contributed by atoms with van der Waals surface area (Å²) in [7, 11) is 0. The van der Waals surface area contributed by atoms with E-state index < -0.39 is 10.8 Å². The third-order valence-electron chi connectivity index (χ3n) is 4.91. The predicted molar refractivity (Wildman–Crippen MR) is 125 cm³/mol. The lowest BCUT2D eigenvalue weighted by Gasteiger charge is -2.09. The first-order valence-corrected chi connectivity index (χ1v) is 11.3. The molecule has 12 heteroatoms. The summed E-state index contributed by atoms with van der Waals surface area (Å²) in [5, 5.41) is 28.2. The standard InChI is InChI=1S/C20H13ClN6O3S2/c1-9-8-11(19-25-26-10(2)23-24-20(26)32-19)6-7-13(9)22-18(28)17-15(21)12-4-3-5-14(27(29)30)16(12)31-17/h3-8H,1-2H3,(H,22,28). The molecule has 2 aromatic carbocycles. The molecule has 0 aliphatic carbocycles.